The second-order valence-electron chi connectivity index (χ2n) is 3.99. The average molecular weight is 348 g/mol. The Labute approximate surface area is 127 Å². The molecule has 0 aliphatic rings. The minimum atomic E-state index is -4.95. The van der Waals surface area contributed by atoms with Crippen LogP contribution < -0.4 is 8.57 Å². The summed E-state index contributed by atoms with van der Waals surface area (Å²) in [6.45, 7) is 2.49. The first-order chi connectivity index (χ1) is 10.6. The van der Waals surface area contributed by atoms with Crippen molar-refractivity contribution in [1.82, 2.24) is 19.4 Å². The zero-order valence-corrected chi connectivity index (χ0v) is 12.3. The first-order valence-electron chi connectivity index (χ1n) is 5.64. The smallest absolute Gasteiger partial charge is 0.358 e. The van der Waals surface area contributed by atoms with Crippen LogP contribution in [0.5, 0.6) is 0 Å². The number of nitrogens with zero attached hydrogens (tertiary/aromatic N) is 6. The molecule has 0 unspecified atom stereocenters. The van der Waals surface area contributed by atoms with E-state index in [9.17, 15) is 28.6 Å². The first kappa shape index (κ1) is 16.1. The van der Waals surface area contributed by atoms with Gasteiger partial charge in [0, 0.05) is 23.3 Å². The molecule has 124 valence electrons. The van der Waals surface area contributed by atoms with Gasteiger partial charge in [0.15, 0.2) is 0 Å². The molecule has 0 spiro atoms. The molecule has 0 bridgehead atoms. The summed E-state index contributed by atoms with van der Waals surface area (Å²) in [5.74, 6) is -1.85. The predicted octanol–water partition coefficient (Wildman–Crippen LogP) is -0.685. The van der Waals surface area contributed by atoms with E-state index in [2.05, 4.69) is 18.5 Å². The van der Waals surface area contributed by atoms with E-state index in [0.29, 0.717) is 9.46 Å². The van der Waals surface area contributed by atoms with Crippen LogP contribution in [0, 0.1) is 34.1 Å². The third kappa shape index (κ3) is 3.18. The molecule has 0 saturated heterocycles. The highest BCUT2D eigenvalue weighted by Crippen LogP contribution is 2.15. The highest BCUT2D eigenvalue weighted by atomic mass is 32.3. The van der Waals surface area contributed by atoms with Crippen molar-refractivity contribution >= 4 is 22.0 Å². The molecule has 15 heteroatoms. The summed E-state index contributed by atoms with van der Waals surface area (Å²) in [6.07, 6.45) is 1.55. The van der Waals surface area contributed by atoms with Crippen molar-refractivity contribution in [3.05, 3.63) is 44.3 Å². The molecule has 0 radical (unpaired) electrons. The van der Waals surface area contributed by atoms with Gasteiger partial charge >= 0.3 is 22.0 Å². The maximum atomic E-state index is 11.8. The van der Waals surface area contributed by atoms with Crippen LogP contribution in [0.2, 0.25) is 0 Å². The maximum absolute atomic E-state index is 11.8. The summed E-state index contributed by atoms with van der Waals surface area (Å²) in [4.78, 5) is 26.7. The minimum Gasteiger partial charge on any atom is -0.358 e. The third-order valence-electron chi connectivity index (χ3n) is 2.44. The zero-order valence-electron chi connectivity index (χ0n) is 11.5. The summed E-state index contributed by atoms with van der Waals surface area (Å²) in [5, 5.41) is 21.5. The Morgan fingerprint density at radius 1 is 0.957 bits per heavy atom. The largest absolute Gasteiger partial charge is 0.574 e. The van der Waals surface area contributed by atoms with Crippen LogP contribution >= 0.6 is 0 Å². The van der Waals surface area contributed by atoms with Gasteiger partial charge in [0.1, 0.15) is 12.4 Å². The number of hydrogen-bond acceptors (Lipinski definition) is 10. The van der Waals surface area contributed by atoms with Crippen LogP contribution in [0.25, 0.3) is 0 Å². The molecule has 0 aliphatic carbocycles. The summed E-state index contributed by atoms with van der Waals surface area (Å²) in [5.41, 5.74) is 0. The monoisotopic (exact) mass is 348 g/mol. The van der Waals surface area contributed by atoms with E-state index in [1.54, 1.807) is 0 Å². The molecule has 2 rings (SSSR count). The lowest BCUT2D eigenvalue weighted by molar-refractivity contribution is -0.396. The predicted molar refractivity (Wildman–Crippen MR) is 69.3 cm³/mol. The van der Waals surface area contributed by atoms with Crippen molar-refractivity contribution in [2.75, 3.05) is 0 Å². The first-order valence-corrected chi connectivity index (χ1v) is 6.98. The second kappa shape index (κ2) is 5.52. The lowest BCUT2D eigenvalue weighted by Crippen LogP contribution is -2.32. The van der Waals surface area contributed by atoms with Gasteiger partial charge in [-0.3, -0.25) is 0 Å². The van der Waals surface area contributed by atoms with Gasteiger partial charge in [-0.15, -0.1) is 8.42 Å². The third-order valence-corrected chi connectivity index (χ3v) is 3.11. The molecule has 0 saturated carbocycles. The number of aromatic nitrogens is 4. The van der Waals surface area contributed by atoms with Crippen LogP contribution in [0.1, 0.15) is 11.6 Å². The Morgan fingerprint density at radius 3 is 1.61 bits per heavy atom. The van der Waals surface area contributed by atoms with Crippen molar-refractivity contribution in [2.45, 2.75) is 13.8 Å². The van der Waals surface area contributed by atoms with Crippen LogP contribution in [-0.4, -0.2) is 37.7 Å². The lowest BCUT2D eigenvalue weighted by atomic mass is 10.7. The quantitative estimate of drug-likeness (QED) is 0.480. The molecule has 0 amide bonds. The molecule has 0 aromatic carbocycles. The van der Waals surface area contributed by atoms with Crippen molar-refractivity contribution in [3.63, 3.8) is 0 Å². The van der Waals surface area contributed by atoms with E-state index in [-0.39, 0.29) is 11.6 Å². The molecule has 14 nitrogen and oxygen atoms in total. The molecule has 0 fully saturated rings. The van der Waals surface area contributed by atoms with Gasteiger partial charge in [-0.1, -0.05) is 0 Å². The van der Waals surface area contributed by atoms with Gasteiger partial charge in [-0.25, -0.2) is 9.97 Å². The van der Waals surface area contributed by atoms with E-state index in [0.717, 1.165) is 12.4 Å². The number of nitro groups is 2. The van der Waals surface area contributed by atoms with Crippen molar-refractivity contribution in [2.24, 2.45) is 0 Å². The van der Waals surface area contributed by atoms with Gasteiger partial charge in [0.2, 0.25) is 11.6 Å². The molecule has 2 aromatic rings. The van der Waals surface area contributed by atoms with E-state index in [1.807, 2.05) is 0 Å². The average Bonchev–Trinajstić information content (AvgIpc) is 2.94. The Morgan fingerprint density at radius 2 is 1.30 bits per heavy atom. The van der Waals surface area contributed by atoms with Crippen molar-refractivity contribution in [1.29, 1.82) is 0 Å². The van der Waals surface area contributed by atoms with E-state index < -0.39 is 31.9 Å². The number of imidazole rings is 2. The Balaban J connectivity index is 2.35. The SMILES string of the molecule is Cc1ncc([N+](=O)[O-])n1OS(=O)(=O)On1c([N+](=O)[O-])cnc1C. The molecular weight excluding hydrogens is 340 g/mol. The van der Waals surface area contributed by atoms with Gasteiger partial charge in [-0.05, 0) is 9.85 Å². The number of rotatable bonds is 6. The van der Waals surface area contributed by atoms with Crippen LogP contribution in [0.4, 0.5) is 11.6 Å². The lowest BCUT2D eigenvalue weighted by Gasteiger charge is -2.04. The molecule has 0 N–H and O–H groups in total. The van der Waals surface area contributed by atoms with Crippen LogP contribution in [-0.2, 0) is 10.4 Å². The fourth-order valence-electron chi connectivity index (χ4n) is 1.47. The van der Waals surface area contributed by atoms with Gasteiger partial charge in [0.05, 0.1) is 0 Å². The minimum absolute atomic E-state index is 0.152. The normalized spacial score (nSPS) is 11.2. The highest BCUT2D eigenvalue weighted by molar-refractivity contribution is 7.82. The fourth-order valence-corrected chi connectivity index (χ4v) is 2.23. The van der Waals surface area contributed by atoms with Crippen LogP contribution in [0.15, 0.2) is 12.4 Å². The highest BCUT2D eigenvalue weighted by Gasteiger charge is 2.32. The Hall–Kier alpha value is -3.23. The van der Waals surface area contributed by atoms with E-state index in [1.165, 1.54) is 13.8 Å². The van der Waals surface area contributed by atoms with Crippen molar-refractivity contribution in [3.8, 4) is 0 Å². The van der Waals surface area contributed by atoms with Crippen molar-refractivity contribution < 1.29 is 26.8 Å². The molecule has 23 heavy (non-hydrogen) atoms. The maximum Gasteiger partial charge on any atom is 0.574 e. The number of aryl methyl sites for hydroxylation is 2. The van der Waals surface area contributed by atoms with Crippen LogP contribution in [0.3, 0.4) is 0 Å². The topological polar surface area (TPSA) is 175 Å². The van der Waals surface area contributed by atoms with Gasteiger partial charge in [0.25, 0.3) is 0 Å². The fraction of sp³-hybridized carbons (Fsp3) is 0.250. The Kier molecular flexibility index (Phi) is 3.87. The van der Waals surface area contributed by atoms with Gasteiger partial charge < -0.3 is 20.2 Å². The summed E-state index contributed by atoms with van der Waals surface area (Å²) < 4.78 is 33.1. The standard InChI is InChI=1S/C8H8N6O8S/c1-5-9-3-7(13(15)16)11(5)21-23(19,20)22-12-6(2)10-4-8(12)14(17)18/h3-4H,1-2H3. The molecular formula is C8H8N6O8S. The molecule has 0 aliphatic heterocycles. The van der Waals surface area contributed by atoms with E-state index >= 15 is 0 Å². The van der Waals surface area contributed by atoms with Gasteiger partial charge in [-0.2, -0.15) is 8.57 Å². The van der Waals surface area contributed by atoms with E-state index in [4.69, 9.17) is 0 Å². The molecule has 2 heterocycles. The summed E-state index contributed by atoms with van der Waals surface area (Å²) in [7, 11) is -4.95. The molecule has 0 atom stereocenters. The summed E-state index contributed by atoms with van der Waals surface area (Å²) in [6, 6.07) is 0. The number of hydrogen-bond donors (Lipinski definition) is 0. The Bertz CT molecular complexity index is 816. The zero-order chi connectivity index (χ0) is 17.4. The summed E-state index contributed by atoms with van der Waals surface area (Å²) >= 11 is 0. The molecule has 2 aromatic heterocycles. The second-order valence-corrected chi connectivity index (χ2v) is 5.10.